The number of nitrogens with zero attached hydrogens (tertiary/aromatic N) is 1. The molecule has 0 spiro atoms. The molecule has 3 nitrogen and oxygen atoms in total. The lowest BCUT2D eigenvalue weighted by Crippen LogP contribution is -2.12. The average Bonchev–Trinajstić information content (AvgIpc) is 2.61. The van der Waals surface area contributed by atoms with Crippen LogP contribution < -0.4 is 5.32 Å². The largest absolute Gasteiger partial charge is 0.348 e. The highest BCUT2D eigenvalue weighted by Gasteiger charge is 2.20. The zero-order valence-electron chi connectivity index (χ0n) is 7.45. The van der Waals surface area contributed by atoms with Gasteiger partial charge in [-0.25, -0.2) is 0 Å². The van der Waals surface area contributed by atoms with Crippen LogP contribution in [-0.2, 0) is 6.54 Å². The first-order valence-corrected chi connectivity index (χ1v) is 4.50. The van der Waals surface area contributed by atoms with Crippen LogP contribution in [0.3, 0.4) is 0 Å². The van der Waals surface area contributed by atoms with Gasteiger partial charge in [0.1, 0.15) is 0 Å². The fourth-order valence-corrected chi connectivity index (χ4v) is 1.89. The van der Waals surface area contributed by atoms with Gasteiger partial charge < -0.3 is 5.32 Å². The van der Waals surface area contributed by atoms with Gasteiger partial charge >= 0.3 is 0 Å². The normalized spacial score (nSPS) is 14.1. The molecule has 1 aliphatic rings. The maximum atomic E-state index is 11.5. The second kappa shape index (κ2) is 2.54. The number of hydrogen-bond acceptors (Lipinski definition) is 2. The number of hydrogen-bond donors (Lipinski definition) is 1. The number of nitrogens with one attached hydrogen (secondary N) is 1. The fraction of sp³-hybridized carbons (Fsp3) is 0.0909. The molecule has 0 unspecified atom stereocenters. The van der Waals surface area contributed by atoms with Crippen LogP contribution in [0.5, 0.6) is 0 Å². The smallest absolute Gasteiger partial charge is 0.252 e. The third kappa shape index (κ3) is 0.865. The maximum Gasteiger partial charge on any atom is 0.252 e. The standard InChI is InChI=1S/C11H8N2O/c14-11-10-8(6-13-11)2-1-7-5-12-4-3-9(7)10/h1-5H,6H2,(H,13,14). The van der Waals surface area contributed by atoms with E-state index in [9.17, 15) is 4.79 Å². The Kier molecular flexibility index (Phi) is 1.36. The molecule has 1 amide bonds. The molecular weight excluding hydrogens is 176 g/mol. The van der Waals surface area contributed by atoms with Crippen LogP contribution in [0.15, 0.2) is 30.6 Å². The Morgan fingerprint density at radius 1 is 1.29 bits per heavy atom. The summed E-state index contributed by atoms with van der Waals surface area (Å²) in [7, 11) is 0. The number of carbonyl (C=O) groups excluding carboxylic acids is 1. The van der Waals surface area contributed by atoms with Gasteiger partial charge in [-0.3, -0.25) is 9.78 Å². The molecule has 0 bridgehead atoms. The molecule has 0 saturated heterocycles. The van der Waals surface area contributed by atoms with Crippen LogP contribution in [0, 0.1) is 0 Å². The molecule has 68 valence electrons. The van der Waals surface area contributed by atoms with Gasteiger partial charge in [0, 0.05) is 24.3 Å². The minimum atomic E-state index is 0.0248. The summed E-state index contributed by atoms with van der Waals surface area (Å²) in [4.78, 5) is 15.6. The van der Waals surface area contributed by atoms with Gasteiger partial charge in [0.25, 0.3) is 5.91 Å². The van der Waals surface area contributed by atoms with E-state index in [0.29, 0.717) is 6.54 Å². The first-order chi connectivity index (χ1) is 6.86. The number of rotatable bonds is 0. The highest BCUT2D eigenvalue weighted by molar-refractivity contribution is 6.09. The van der Waals surface area contributed by atoms with Gasteiger partial charge in [0.15, 0.2) is 0 Å². The zero-order chi connectivity index (χ0) is 9.54. The summed E-state index contributed by atoms with van der Waals surface area (Å²) in [5.74, 6) is 0.0248. The molecule has 0 atom stereocenters. The van der Waals surface area contributed by atoms with E-state index >= 15 is 0 Å². The number of carbonyl (C=O) groups is 1. The zero-order valence-corrected chi connectivity index (χ0v) is 7.45. The average molecular weight is 184 g/mol. The van der Waals surface area contributed by atoms with Crippen molar-refractivity contribution in [3.8, 4) is 0 Å². The number of amides is 1. The second-order valence-corrected chi connectivity index (χ2v) is 3.38. The van der Waals surface area contributed by atoms with E-state index < -0.39 is 0 Å². The molecule has 1 N–H and O–H groups in total. The van der Waals surface area contributed by atoms with Crippen molar-refractivity contribution in [2.24, 2.45) is 0 Å². The van der Waals surface area contributed by atoms with E-state index in [2.05, 4.69) is 10.3 Å². The lowest BCUT2D eigenvalue weighted by Gasteiger charge is -2.01. The third-order valence-electron chi connectivity index (χ3n) is 2.57. The molecular formula is C11H8N2O. The van der Waals surface area contributed by atoms with Crippen molar-refractivity contribution in [3.63, 3.8) is 0 Å². The van der Waals surface area contributed by atoms with E-state index in [0.717, 1.165) is 21.9 Å². The van der Waals surface area contributed by atoms with Crippen LogP contribution >= 0.6 is 0 Å². The third-order valence-corrected chi connectivity index (χ3v) is 2.57. The van der Waals surface area contributed by atoms with Crippen LogP contribution in [0.2, 0.25) is 0 Å². The summed E-state index contributed by atoms with van der Waals surface area (Å²) < 4.78 is 0. The number of aromatic nitrogens is 1. The Morgan fingerprint density at radius 2 is 2.21 bits per heavy atom. The fourth-order valence-electron chi connectivity index (χ4n) is 1.89. The van der Waals surface area contributed by atoms with Crippen molar-refractivity contribution in [1.29, 1.82) is 0 Å². The van der Waals surface area contributed by atoms with Crippen LogP contribution in [0.25, 0.3) is 10.8 Å². The Balaban J connectivity index is 2.47. The van der Waals surface area contributed by atoms with Crippen LogP contribution in [0.1, 0.15) is 15.9 Å². The van der Waals surface area contributed by atoms with Gasteiger partial charge in [-0.15, -0.1) is 0 Å². The molecule has 3 heteroatoms. The summed E-state index contributed by atoms with van der Waals surface area (Å²) in [6, 6.07) is 5.87. The minimum Gasteiger partial charge on any atom is -0.348 e. The van der Waals surface area contributed by atoms with E-state index in [4.69, 9.17) is 0 Å². The first kappa shape index (κ1) is 7.50. The van der Waals surface area contributed by atoms with E-state index in [1.807, 2.05) is 18.2 Å². The maximum absolute atomic E-state index is 11.5. The van der Waals surface area contributed by atoms with Gasteiger partial charge in [0.05, 0.1) is 5.56 Å². The predicted molar refractivity (Wildman–Crippen MR) is 52.9 cm³/mol. The number of fused-ring (bicyclic) bond motifs is 3. The molecule has 0 saturated carbocycles. The SMILES string of the molecule is O=C1NCc2ccc3cnccc3c21. The Labute approximate surface area is 80.8 Å². The summed E-state index contributed by atoms with van der Waals surface area (Å²) in [5.41, 5.74) is 1.89. The van der Waals surface area contributed by atoms with E-state index in [1.165, 1.54) is 0 Å². The summed E-state index contributed by atoms with van der Waals surface area (Å²) in [5, 5.41) is 4.83. The molecule has 0 radical (unpaired) electrons. The van der Waals surface area contributed by atoms with Crippen LogP contribution in [-0.4, -0.2) is 10.9 Å². The van der Waals surface area contributed by atoms with Crippen molar-refractivity contribution in [1.82, 2.24) is 10.3 Å². The quantitative estimate of drug-likeness (QED) is 0.673. The molecule has 0 aliphatic carbocycles. The van der Waals surface area contributed by atoms with Gasteiger partial charge in [-0.2, -0.15) is 0 Å². The summed E-state index contributed by atoms with van der Waals surface area (Å²) in [6.07, 6.45) is 3.50. The minimum absolute atomic E-state index is 0.0248. The Morgan fingerprint density at radius 3 is 3.14 bits per heavy atom. The molecule has 2 heterocycles. The van der Waals surface area contributed by atoms with Crippen LogP contribution in [0.4, 0.5) is 0 Å². The van der Waals surface area contributed by atoms with Crippen molar-refractivity contribution < 1.29 is 4.79 Å². The first-order valence-electron chi connectivity index (χ1n) is 4.50. The van der Waals surface area contributed by atoms with Crippen molar-refractivity contribution >= 4 is 16.7 Å². The van der Waals surface area contributed by atoms with Gasteiger partial charge in [0.2, 0.25) is 0 Å². The van der Waals surface area contributed by atoms with Crippen molar-refractivity contribution in [2.75, 3.05) is 0 Å². The predicted octanol–water partition coefficient (Wildman–Crippen LogP) is 1.48. The molecule has 14 heavy (non-hydrogen) atoms. The monoisotopic (exact) mass is 184 g/mol. The summed E-state index contributed by atoms with van der Waals surface area (Å²) >= 11 is 0. The van der Waals surface area contributed by atoms with Gasteiger partial charge in [-0.1, -0.05) is 12.1 Å². The molecule has 0 fully saturated rings. The lowest BCUT2D eigenvalue weighted by atomic mass is 10.0. The Hall–Kier alpha value is -1.90. The lowest BCUT2D eigenvalue weighted by molar-refractivity contribution is 0.0967. The van der Waals surface area contributed by atoms with Crippen molar-refractivity contribution in [3.05, 3.63) is 41.7 Å². The topological polar surface area (TPSA) is 42.0 Å². The number of pyridine rings is 1. The molecule has 3 rings (SSSR count). The number of benzene rings is 1. The molecule has 2 aromatic rings. The molecule has 1 aliphatic heterocycles. The van der Waals surface area contributed by atoms with Gasteiger partial charge in [-0.05, 0) is 17.0 Å². The highest BCUT2D eigenvalue weighted by atomic mass is 16.1. The van der Waals surface area contributed by atoms with E-state index in [1.54, 1.807) is 12.4 Å². The summed E-state index contributed by atoms with van der Waals surface area (Å²) in [6.45, 7) is 0.645. The second-order valence-electron chi connectivity index (χ2n) is 3.38. The van der Waals surface area contributed by atoms with E-state index in [-0.39, 0.29) is 5.91 Å². The highest BCUT2D eigenvalue weighted by Crippen LogP contribution is 2.24. The molecule has 1 aromatic heterocycles. The Bertz CT molecular complexity index is 534. The molecule has 1 aromatic carbocycles. The van der Waals surface area contributed by atoms with Crippen molar-refractivity contribution in [2.45, 2.75) is 6.54 Å².